The lowest BCUT2D eigenvalue weighted by atomic mass is 10.1. The van der Waals surface area contributed by atoms with Gasteiger partial charge in [0.05, 0.1) is 6.42 Å². The zero-order valence-corrected chi connectivity index (χ0v) is 10.8. The van der Waals surface area contributed by atoms with Crippen LogP contribution in [0.4, 0.5) is 0 Å². The van der Waals surface area contributed by atoms with Crippen molar-refractivity contribution in [3.8, 4) is 0 Å². The van der Waals surface area contributed by atoms with Crippen molar-refractivity contribution < 1.29 is 4.79 Å². The minimum absolute atomic E-state index is 0.172. The number of nitrogens with one attached hydrogen (secondary N) is 1. The summed E-state index contributed by atoms with van der Waals surface area (Å²) in [6.45, 7) is 2.76. The molecule has 1 amide bonds. The van der Waals surface area contributed by atoms with Gasteiger partial charge in [-0.3, -0.25) is 10.2 Å². The number of rotatable bonds is 6. The normalized spacial score (nSPS) is 12.2. The van der Waals surface area contributed by atoms with Crippen molar-refractivity contribution in [1.29, 1.82) is 0 Å². The van der Waals surface area contributed by atoms with Crippen molar-refractivity contribution in [2.75, 3.05) is 6.54 Å². The first-order valence-electron chi connectivity index (χ1n) is 5.55. The van der Waals surface area contributed by atoms with Crippen LogP contribution in [0.1, 0.15) is 18.1 Å². The summed E-state index contributed by atoms with van der Waals surface area (Å²) in [5.74, 6) is 5.79. The molecule has 0 heterocycles. The number of amides is 1. The number of carbonyl (C=O) groups is 1. The van der Waals surface area contributed by atoms with Gasteiger partial charge in [0.1, 0.15) is 0 Å². The molecule has 0 saturated heterocycles. The molecule has 0 radical (unpaired) electrons. The largest absolute Gasteiger partial charge is 0.329 e. The van der Waals surface area contributed by atoms with Crippen LogP contribution in [0, 0.1) is 0 Å². The predicted molar refractivity (Wildman–Crippen MR) is 72.3 cm³/mol. The van der Waals surface area contributed by atoms with Gasteiger partial charge in [0.15, 0.2) is 0 Å². The number of thioether (sulfide) groups is 1. The van der Waals surface area contributed by atoms with Crippen LogP contribution in [-0.4, -0.2) is 17.7 Å². The van der Waals surface area contributed by atoms with Gasteiger partial charge in [-0.05, 0) is 11.1 Å². The second kappa shape index (κ2) is 7.32. The van der Waals surface area contributed by atoms with Crippen LogP contribution < -0.4 is 17.0 Å². The number of nitrogens with two attached hydrogens (primary N) is 2. The van der Waals surface area contributed by atoms with Gasteiger partial charge in [0, 0.05) is 17.5 Å². The highest BCUT2D eigenvalue weighted by Gasteiger charge is 2.08. The second-order valence-electron chi connectivity index (χ2n) is 3.87. The summed E-state index contributed by atoms with van der Waals surface area (Å²) in [4.78, 5) is 11.3. The molecule has 5 heteroatoms. The fourth-order valence-electron chi connectivity index (χ4n) is 1.39. The fraction of sp³-hybridized carbons (Fsp3) is 0.417. The van der Waals surface area contributed by atoms with Crippen LogP contribution in [0.3, 0.4) is 0 Å². The Morgan fingerprint density at radius 3 is 2.65 bits per heavy atom. The van der Waals surface area contributed by atoms with Crippen molar-refractivity contribution in [3.05, 3.63) is 35.4 Å². The van der Waals surface area contributed by atoms with E-state index in [1.165, 1.54) is 5.56 Å². The standard InChI is InChI=1S/C12H19N3OS/c1-9(7-13)17-8-11-5-3-2-4-10(11)6-12(16)15-14/h2-5,9H,6-8,13-14H2,1H3,(H,15,16). The van der Waals surface area contributed by atoms with Gasteiger partial charge in [-0.2, -0.15) is 11.8 Å². The van der Waals surface area contributed by atoms with E-state index in [1.807, 2.05) is 24.3 Å². The first-order chi connectivity index (χ1) is 8.17. The highest BCUT2D eigenvalue weighted by molar-refractivity contribution is 7.99. The topological polar surface area (TPSA) is 81.1 Å². The maximum Gasteiger partial charge on any atom is 0.238 e. The number of hydrazine groups is 1. The first kappa shape index (κ1) is 14.0. The van der Waals surface area contributed by atoms with Gasteiger partial charge in [0.2, 0.25) is 5.91 Å². The lowest BCUT2D eigenvalue weighted by Crippen LogP contribution is -2.31. The van der Waals surface area contributed by atoms with E-state index < -0.39 is 0 Å². The summed E-state index contributed by atoms with van der Waals surface area (Å²) in [6, 6.07) is 7.90. The third-order valence-electron chi connectivity index (χ3n) is 2.49. The third kappa shape index (κ3) is 4.77. The van der Waals surface area contributed by atoms with E-state index in [4.69, 9.17) is 11.6 Å². The molecule has 0 aliphatic carbocycles. The lowest BCUT2D eigenvalue weighted by Gasteiger charge is -2.11. The molecule has 0 aliphatic rings. The maximum absolute atomic E-state index is 11.3. The molecule has 5 N–H and O–H groups in total. The zero-order chi connectivity index (χ0) is 12.7. The van der Waals surface area contributed by atoms with Gasteiger partial charge in [-0.25, -0.2) is 5.84 Å². The highest BCUT2D eigenvalue weighted by Crippen LogP contribution is 2.20. The molecule has 4 nitrogen and oxygen atoms in total. The van der Waals surface area contributed by atoms with Gasteiger partial charge >= 0.3 is 0 Å². The fourth-order valence-corrected chi connectivity index (χ4v) is 2.28. The number of benzene rings is 1. The minimum atomic E-state index is -0.172. The molecule has 17 heavy (non-hydrogen) atoms. The number of hydrogen-bond donors (Lipinski definition) is 3. The monoisotopic (exact) mass is 253 g/mol. The Morgan fingerprint density at radius 1 is 1.41 bits per heavy atom. The Morgan fingerprint density at radius 2 is 2.06 bits per heavy atom. The van der Waals surface area contributed by atoms with Crippen molar-refractivity contribution in [1.82, 2.24) is 5.43 Å². The summed E-state index contributed by atoms with van der Waals surface area (Å²) in [7, 11) is 0. The molecule has 0 aliphatic heterocycles. The average molecular weight is 253 g/mol. The molecule has 0 fully saturated rings. The molecule has 1 rings (SSSR count). The number of hydrogen-bond acceptors (Lipinski definition) is 4. The van der Waals surface area contributed by atoms with E-state index in [0.717, 1.165) is 11.3 Å². The predicted octanol–water partition coefficient (Wildman–Crippen LogP) is 0.799. The van der Waals surface area contributed by atoms with Crippen molar-refractivity contribution >= 4 is 17.7 Å². The minimum Gasteiger partial charge on any atom is -0.329 e. The molecule has 0 bridgehead atoms. The molecular formula is C12H19N3OS. The summed E-state index contributed by atoms with van der Waals surface area (Å²) in [6.07, 6.45) is 0.324. The van der Waals surface area contributed by atoms with Gasteiger partial charge in [-0.1, -0.05) is 31.2 Å². The van der Waals surface area contributed by atoms with E-state index in [0.29, 0.717) is 18.2 Å². The first-order valence-corrected chi connectivity index (χ1v) is 6.60. The molecule has 94 valence electrons. The molecule has 0 aromatic heterocycles. The van der Waals surface area contributed by atoms with E-state index >= 15 is 0 Å². The van der Waals surface area contributed by atoms with E-state index in [1.54, 1.807) is 11.8 Å². The molecule has 1 atom stereocenters. The Hall–Kier alpha value is -1.04. The molecule has 0 saturated carbocycles. The smallest absolute Gasteiger partial charge is 0.238 e. The molecule has 1 aromatic rings. The van der Waals surface area contributed by atoms with Crippen molar-refractivity contribution in [2.24, 2.45) is 11.6 Å². The van der Waals surface area contributed by atoms with Crippen molar-refractivity contribution in [3.63, 3.8) is 0 Å². The second-order valence-corrected chi connectivity index (χ2v) is 5.30. The van der Waals surface area contributed by atoms with Crippen molar-refractivity contribution in [2.45, 2.75) is 24.3 Å². The van der Waals surface area contributed by atoms with Gasteiger partial charge in [-0.15, -0.1) is 0 Å². The Balaban J connectivity index is 2.67. The summed E-state index contributed by atoms with van der Waals surface area (Å²) >= 11 is 1.79. The summed E-state index contributed by atoms with van der Waals surface area (Å²) < 4.78 is 0. The van der Waals surface area contributed by atoms with Crippen LogP contribution in [0.2, 0.25) is 0 Å². The highest BCUT2D eigenvalue weighted by atomic mass is 32.2. The Kier molecular flexibility index (Phi) is 6.04. The Labute approximate surface area is 106 Å². The molecular weight excluding hydrogens is 234 g/mol. The number of carbonyl (C=O) groups excluding carboxylic acids is 1. The summed E-state index contributed by atoms with van der Waals surface area (Å²) in [5, 5.41) is 0.423. The van der Waals surface area contributed by atoms with E-state index in [9.17, 15) is 4.79 Å². The average Bonchev–Trinajstić information content (AvgIpc) is 2.37. The van der Waals surface area contributed by atoms with E-state index in [-0.39, 0.29) is 5.91 Å². The zero-order valence-electron chi connectivity index (χ0n) is 9.98. The van der Waals surface area contributed by atoms with E-state index in [2.05, 4.69) is 12.3 Å². The van der Waals surface area contributed by atoms with Gasteiger partial charge in [0.25, 0.3) is 0 Å². The SMILES string of the molecule is CC(CN)SCc1ccccc1CC(=O)NN. The quantitative estimate of drug-likeness (QED) is 0.398. The summed E-state index contributed by atoms with van der Waals surface area (Å²) in [5.41, 5.74) is 9.91. The Bertz CT molecular complexity index is 371. The van der Waals surface area contributed by atoms with Crippen LogP contribution in [0.5, 0.6) is 0 Å². The van der Waals surface area contributed by atoms with Crippen LogP contribution >= 0.6 is 11.8 Å². The maximum atomic E-state index is 11.3. The van der Waals surface area contributed by atoms with Crippen LogP contribution in [-0.2, 0) is 17.0 Å². The molecule has 0 spiro atoms. The van der Waals surface area contributed by atoms with Crippen LogP contribution in [0.25, 0.3) is 0 Å². The molecule has 1 aromatic carbocycles. The van der Waals surface area contributed by atoms with Crippen LogP contribution in [0.15, 0.2) is 24.3 Å². The third-order valence-corrected chi connectivity index (χ3v) is 3.72. The molecule has 1 unspecified atom stereocenters. The lowest BCUT2D eigenvalue weighted by molar-refractivity contribution is -0.120. The van der Waals surface area contributed by atoms with Gasteiger partial charge < -0.3 is 5.73 Å².